The van der Waals surface area contributed by atoms with Crippen molar-refractivity contribution >= 4 is 29.7 Å². The molecule has 1 aromatic carbocycles. The van der Waals surface area contributed by atoms with Crippen molar-refractivity contribution < 1.29 is 4.92 Å². The maximum absolute atomic E-state index is 11.0. The van der Waals surface area contributed by atoms with Crippen molar-refractivity contribution in [3.05, 3.63) is 38.9 Å². The van der Waals surface area contributed by atoms with Crippen LogP contribution in [0, 0.1) is 16.0 Å². The van der Waals surface area contributed by atoms with Gasteiger partial charge in [-0.25, -0.2) is 0 Å². The summed E-state index contributed by atoms with van der Waals surface area (Å²) in [6.45, 7) is 3.23. The zero-order chi connectivity index (χ0) is 13.8. The van der Waals surface area contributed by atoms with Crippen LogP contribution in [-0.4, -0.2) is 29.5 Å². The van der Waals surface area contributed by atoms with Gasteiger partial charge in [-0.05, 0) is 50.5 Å². The summed E-state index contributed by atoms with van der Waals surface area (Å²) in [4.78, 5) is 12.9. The highest BCUT2D eigenvalue weighted by Gasteiger charge is 2.21. The number of benzene rings is 1. The Balaban J connectivity index is 0.00000200. The molecule has 7 heteroatoms. The standard InChI is InChI=1S/C13H18ClN3O2.ClH/c14-12-2-1-11(13(7-12)17(18)19)9-16-5-3-10(8-15)4-6-16;/h1-2,7,10H,3-6,8-9,15H2;1H. The molecular formula is C13H19Cl2N3O2. The summed E-state index contributed by atoms with van der Waals surface area (Å²) < 4.78 is 0. The number of nitro groups is 1. The van der Waals surface area contributed by atoms with Crippen LogP contribution in [0.1, 0.15) is 18.4 Å². The molecule has 2 rings (SSSR count). The Morgan fingerprint density at radius 3 is 2.60 bits per heavy atom. The van der Waals surface area contributed by atoms with Crippen LogP contribution < -0.4 is 5.73 Å². The third kappa shape index (κ3) is 4.31. The Hall–Kier alpha value is -0.880. The largest absolute Gasteiger partial charge is 0.330 e. The fourth-order valence-electron chi connectivity index (χ4n) is 2.46. The fourth-order valence-corrected chi connectivity index (χ4v) is 2.63. The van der Waals surface area contributed by atoms with Crippen molar-refractivity contribution in [2.75, 3.05) is 19.6 Å². The lowest BCUT2D eigenvalue weighted by atomic mass is 9.97. The summed E-state index contributed by atoms with van der Waals surface area (Å²) in [7, 11) is 0. The van der Waals surface area contributed by atoms with Crippen LogP contribution in [0.2, 0.25) is 5.02 Å². The fraction of sp³-hybridized carbons (Fsp3) is 0.538. The molecule has 0 aromatic heterocycles. The number of hydrogen-bond donors (Lipinski definition) is 1. The van der Waals surface area contributed by atoms with Gasteiger partial charge in [0.15, 0.2) is 0 Å². The van der Waals surface area contributed by atoms with Crippen molar-refractivity contribution in [3.63, 3.8) is 0 Å². The summed E-state index contributed by atoms with van der Waals surface area (Å²) >= 11 is 5.81. The van der Waals surface area contributed by atoms with Crippen LogP contribution in [0.15, 0.2) is 18.2 Å². The molecule has 5 nitrogen and oxygen atoms in total. The van der Waals surface area contributed by atoms with E-state index in [1.165, 1.54) is 6.07 Å². The molecule has 2 N–H and O–H groups in total. The van der Waals surface area contributed by atoms with Gasteiger partial charge in [-0.1, -0.05) is 11.6 Å². The smallest absolute Gasteiger partial charge is 0.275 e. The Labute approximate surface area is 129 Å². The number of rotatable bonds is 4. The predicted molar refractivity (Wildman–Crippen MR) is 82.4 cm³/mol. The van der Waals surface area contributed by atoms with Crippen LogP contribution >= 0.6 is 24.0 Å². The van der Waals surface area contributed by atoms with Crippen molar-refractivity contribution in [3.8, 4) is 0 Å². The third-order valence-electron chi connectivity index (χ3n) is 3.68. The molecule has 1 fully saturated rings. The molecule has 0 saturated carbocycles. The lowest BCUT2D eigenvalue weighted by molar-refractivity contribution is -0.385. The number of nitro benzene ring substituents is 1. The normalized spacial score (nSPS) is 16.7. The molecule has 1 aliphatic rings. The molecule has 112 valence electrons. The van der Waals surface area contributed by atoms with Crippen LogP contribution in [0.25, 0.3) is 0 Å². The van der Waals surface area contributed by atoms with E-state index < -0.39 is 0 Å². The number of hydrogen-bond acceptors (Lipinski definition) is 4. The van der Waals surface area contributed by atoms with Gasteiger partial charge in [0.25, 0.3) is 5.69 Å². The van der Waals surface area contributed by atoms with Gasteiger partial charge in [-0.3, -0.25) is 15.0 Å². The summed E-state index contributed by atoms with van der Waals surface area (Å²) in [5, 5.41) is 11.4. The molecule has 1 aliphatic heterocycles. The van der Waals surface area contributed by atoms with Gasteiger partial charge in [-0.2, -0.15) is 0 Å². The Bertz CT molecular complexity index is 463. The molecule has 1 saturated heterocycles. The van der Waals surface area contributed by atoms with E-state index in [1.54, 1.807) is 12.1 Å². The molecular weight excluding hydrogens is 301 g/mol. The zero-order valence-corrected chi connectivity index (χ0v) is 12.7. The molecule has 0 spiro atoms. The van der Waals surface area contributed by atoms with Crippen molar-refractivity contribution in [1.29, 1.82) is 0 Å². The van der Waals surface area contributed by atoms with Gasteiger partial charge < -0.3 is 5.73 Å². The summed E-state index contributed by atoms with van der Waals surface area (Å²) in [6, 6.07) is 4.87. The van der Waals surface area contributed by atoms with Crippen LogP contribution in [-0.2, 0) is 6.54 Å². The van der Waals surface area contributed by atoms with E-state index in [9.17, 15) is 10.1 Å². The minimum absolute atomic E-state index is 0. The number of halogens is 2. The minimum atomic E-state index is -0.367. The monoisotopic (exact) mass is 319 g/mol. The van der Waals surface area contributed by atoms with Gasteiger partial charge >= 0.3 is 0 Å². The second kappa shape index (κ2) is 7.78. The van der Waals surface area contributed by atoms with Gasteiger partial charge in [0, 0.05) is 23.2 Å². The molecule has 20 heavy (non-hydrogen) atoms. The SMILES string of the molecule is Cl.NCC1CCN(Cc2ccc(Cl)cc2[N+](=O)[O-])CC1. The first-order valence-electron chi connectivity index (χ1n) is 6.45. The highest BCUT2D eigenvalue weighted by molar-refractivity contribution is 6.30. The van der Waals surface area contributed by atoms with E-state index in [4.69, 9.17) is 17.3 Å². The Morgan fingerprint density at radius 2 is 2.05 bits per heavy atom. The predicted octanol–water partition coefficient (Wildman–Crippen LogP) is 2.84. The molecule has 0 atom stereocenters. The molecule has 0 amide bonds. The number of piperidine rings is 1. The minimum Gasteiger partial charge on any atom is -0.330 e. The molecule has 1 aromatic rings. The van der Waals surface area contributed by atoms with E-state index in [1.807, 2.05) is 0 Å². The number of nitrogens with zero attached hydrogens (tertiary/aromatic N) is 2. The first-order chi connectivity index (χ1) is 9.10. The van der Waals surface area contributed by atoms with E-state index in [2.05, 4.69) is 4.90 Å². The first-order valence-corrected chi connectivity index (χ1v) is 6.83. The molecule has 0 radical (unpaired) electrons. The summed E-state index contributed by atoms with van der Waals surface area (Å²) in [6.07, 6.45) is 2.13. The van der Waals surface area contributed by atoms with E-state index in [-0.39, 0.29) is 23.0 Å². The lowest BCUT2D eigenvalue weighted by Gasteiger charge is -2.31. The number of likely N-dealkylation sites (tertiary alicyclic amines) is 1. The second-order valence-corrected chi connectivity index (χ2v) is 5.42. The summed E-state index contributed by atoms with van der Waals surface area (Å²) in [5.74, 6) is 0.594. The number of nitrogens with two attached hydrogens (primary N) is 1. The van der Waals surface area contributed by atoms with Crippen molar-refractivity contribution in [1.82, 2.24) is 4.90 Å². The lowest BCUT2D eigenvalue weighted by Crippen LogP contribution is -2.35. The Kier molecular flexibility index (Phi) is 6.68. The average molecular weight is 320 g/mol. The summed E-state index contributed by atoms with van der Waals surface area (Å²) in [5.41, 5.74) is 6.49. The second-order valence-electron chi connectivity index (χ2n) is 4.99. The molecule has 1 heterocycles. The zero-order valence-electron chi connectivity index (χ0n) is 11.1. The van der Waals surface area contributed by atoms with Gasteiger partial charge in [-0.15, -0.1) is 12.4 Å². The first kappa shape index (κ1) is 17.2. The van der Waals surface area contributed by atoms with E-state index >= 15 is 0 Å². The van der Waals surface area contributed by atoms with Crippen LogP contribution in [0.4, 0.5) is 5.69 Å². The topological polar surface area (TPSA) is 72.4 Å². The molecule has 0 aliphatic carbocycles. The molecule has 0 bridgehead atoms. The van der Waals surface area contributed by atoms with Crippen molar-refractivity contribution in [2.24, 2.45) is 11.7 Å². The van der Waals surface area contributed by atoms with E-state index in [0.29, 0.717) is 17.5 Å². The quantitative estimate of drug-likeness (QED) is 0.684. The van der Waals surface area contributed by atoms with Crippen molar-refractivity contribution in [2.45, 2.75) is 19.4 Å². The van der Waals surface area contributed by atoms with Crippen LogP contribution in [0.3, 0.4) is 0 Å². The highest BCUT2D eigenvalue weighted by Crippen LogP contribution is 2.26. The van der Waals surface area contributed by atoms with Gasteiger partial charge in [0.1, 0.15) is 0 Å². The Morgan fingerprint density at radius 1 is 1.40 bits per heavy atom. The maximum Gasteiger partial charge on any atom is 0.275 e. The molecule has 0 unspecified atom stereocenters. The highest BCUT2D eigenvalue weighted by atomic mass is 35.5. The van der Waals surface area contributed by atoms with Crippen LogP contribution in [0.5, 0.6) is 0 Å². The van der Waals surface area contributed by atoms with Gasteiger partial charge in [0.2, 0.25) is 0 Å². The van der Waals surface area contributed by atoms with Gasteiger partial charge in [0.05, 0.1) is 4.92 Å². The van der Waals surface area contributed by atoms with E-state index in [0.717, 1.165) is 38.0 Å². The third-order valence-corrected chi connectivity index (χ3v) is 3.91. The maximum atomic E-state index is 11.0. The average Bonchev–Trinajstić information content (AvgIpc) is 2.41.